The smallest absolute Gasteiger partial charge is 0.390 e. The number of carbonyl (C=O) groups excluding carboxylic acids is 4. The Morgan fingerprint density at radius 1 is 1.00 bits per heavy atom. The Morgan fingerprint density at radius 2 is 1.70 bits per heavy atom. The summed E-state index contributed by atoms with van der Waals surface area (Å²) in [4.78, 5) is 67.3. The van der Waals surface area contributed by atoms with Crippen molar-refractivity contribution in [3.8, 4) is 22.3 Å². The van der Waals surface area contributed by atoms with Crippen LogP contribution in [0.3, 0.4) is 0 Å². The lowest BCUT2D eigenvalue weighted by atomic mass is 9.49. The average molecular weight is 1070 g/mol. The minimum absolute atomic E-state index is 0.0196. The quantitative estimate of drug-likeness (QED) is 0.0587. The van der Waals surface area contributed by atoms with Crippen molar-refractivity contribution in [2.75, 3.05) is 39.4 Å². The molecule has 2 aromatic carbocycles. The zero-order valence-corrected chi connectivity index (χ0v) is 45.0. The van der Waals surface area contributed by atoms with Gasteiger partial charge < -0.3 is 40.3 Å². The highest BCUT2D eigenvalue weighted by atomic mass is 35.5. The van der Waals surface area contributed by atoms with Crippen LogP contribution in [0.15, 0.2) is 66.3 Å². The molecule has 15 nitrogen and oxygen atoms in total. The largest absolute Gasteiger partial charge is 0.489 e. The lowest BCUT2D eigenvalue weighted by molar-refractivity contribution is -0.164. The predicted octanol–water partition coefficient (Wildman–Crippen LogP) is 8.22. The van der Waals surface area contributed by atoms with Gasteiger partial charge in [0.05, 0.1) is 51.8 Å². The molecule has 74 heavy (non-hydrogen) atoms. The number of aliphatic hydroxyl groups excluding tert-OH is 1. The fraction of sp³-hybridized carbons (Fsp3) is 0.537. The molecule has 0 radical (unpaired) electrons. The molecule has 1 saturated heterocycles. The van der Waals surface area contributed by atoms with Crippen LogP contribution >= 0.6 is 22.9 Å². The van der Waals surface area contributed by atoms with Gasteiger partial charge in [-0.15, -0.1) is 11.3 Å². The number of β-amino-alcohol motifs (C(OH)–C–C–N with tert-alkyl or cyclic N) is 1. The molecule has 4 aromatic rings. The highest BCUT2D eigenvalue weighted by Gasteiger charge is 2.64. The van der Waals surface area contributed by atoms with Gasteiger partial charge in [0, 0.05) is 55.2 Å². The second-order valence-electron chi connectivity index (χ2n) is 21.6. The molecule has 400 valence electrons. The number of aliphatic hydroxyl groups is 1. The summed E-state index contributed by atoms with van der Waals surface area (Å²) in [5, 5.41) is 29.0. The Labute approximate surface area is 440 Å². The molecule has 3 heterocycles. The van der Waals surface area contributed by atoms with Gasteiger partial charge in [0.15, 0.2) is 0 Å². The summed E-state index contributed by atoms with van der Waals surface area (Å²) in [7, 11) is 0. The molecule has 1 aliphatic heterocycles. The van der Waals surface area contributed by atoms with E-state index in [4.69, 9.17) is 21.1 Å². The summed E-state index contributed by atoms with van der Waals surface area (Å²) in [5.41, 5.74) is 4.15. The maximum atomic E-state index is 14.2. The second-order valence-corrected chi connectivity index (χ2v) is 22.9. The van der Waals surface area contributed by atoms with Crippen LogP contribution in [0.25, 0.3) is 10.4 Å². The molecule has 2 aromatic heterocycles. The number of thiazole rings is 1. The molecule has 4 N–H and O–H groups in total. The van der Waals surface area contributed by atoms with Crippen molar-refractivity contribution in [2.24, 2.45) is 16.2 Å². The molecule has 1 aliphatic carbocycles. The van der Waals surface area contributed by atoms with Gasteiger partial charge >= 0.3 is 6.18 Å². The number of pyridine rings is 1. The third kappa shape index (κ3) is 14.4. The first kappa shape index (κ1) is 57.6. The first-order chi connectivity index (χ1) is 34.7. The van der Waals surface area contributed by atoms with Gasteiger partial charge in [-0.2, -0.15) is 18.4 Å². The van der Waals surface area contributed by atoms with E-state index >= 15 is 0 Å². The van der Waals surface area contributed by atoms with Crippen molar-refractivity contribution in [3.05, 3.63) is 99.4 Å². The molecule has 2 fully saturated rings. The van der Waals surface area contributed by atoms with E-state index in [-0.39, 0.29) is 63.0 Å². The fourth-order valence-electron chi connectivity index (χ4n) is 10.2. The zero-order valence-electron chi connectivity index (χ0n) is 43.4. The molecule has 4 atom stereocenters. The number of nitriles is 1. The Bertz CT molecular complexity index is 2640. The lowest BCUT2D eigenvalue weighted by Crippen LogP contribution is -2.74. The molecule has 6 rings (SSSR count). The number of nitrogens with zero attached hydrogens (tertiary/aromatic N) is 5. The van der Waals surface area contributed by atoms with Gasteiger partial charge in [-0.1, -0.05) is 90.4 Å². The second kappa shape index (κ2) is 23.9. The Balaban J connectivity index is 0.964. The minimum Gasteiger partial charge on any atom is -0.489 e. The molecule has 4 amide bonds. The van der Waals surface area contributed by atoms with Crippen LogP contribution in [0.1, 0.15) is 114 Å². The van der Waals surface area contributed by atoms with Crippen LogP contribution < -0.4 is 20.7 Å². The maximum Gasteiger partial charge on any atom is 0.390 e. The van der Waals surface area contributed by atoms with Crippen molar-refractivity contribution >= 4 is 46.6 Å². The van der Waals surface area contributed by atoms with E-state index < -0.39 is 77.4 Å². The van der Waals surface area contributed by atoms with Crippen molar-refractivity contribution in [3.63, 3.8) is 0 Å². The Hall–Kier alpha value is -5.65. The standard InChI is InChI=1S/C54H68ClF3N8O7S/c1-32(35-13-15-36(16-14-35)44-33(2)61-31-74-44)62-47(70)42-25-38(67)29-66(42)48(71)45(51(3,4)5)63-43(68)30-72-24-23-65(22-20-54(56,57)58)21-10-11-34-12-19-41(60-28-34)46(69)64-49-52(6,7)50(53(49,8)9)73-39-18-17-37(27-59)40(55)26-39/h12-19,26,28,31-32,38,42,45,49-50,67H,10-11,20-25,29-30H2,1-9H3,(H,62,70)(H,63,68)(H,64,69)/t32?,38-,42+,45?,49?,50?/m1/s1. The van der Waals surface area contributed by atoms with Crippen LogP contribution in [0, 0.1) is 34.5 Å². The molecule has 1 saturated carbocycles. The monoisotopic (exact) mass is 1060 g/mol. The number of hydrogen-bond donors (Lipinski definition) is 4. The molecule has 0 bridgehead atoms. The van der Waals surface area contributed by atoms with Crippen LogP contribution in [0.2, 0.25) is 5.02 Å². The molecule has 2 unspecified atom stereocenters. The Kier molecular flexibility index (Phi) is 18.6. The topological polar surface area (TPSA) is 199 Å². The number of aryl methyl sites for hydroxylation is 2. The summed E-state index contributed by atoms with van der Waals surface area (Å²) in [6.45, 7) is 16.5. The summed E-state index contributed by atoms with van der Waals surface area (Å²) in [6.07, 6.45) is -4.12. The van der Waals surface area contributed by atoms with E-state index in [1.807, 2.05) is 71.9 Å². The normalized spacial score (nSPS) is 20.0. The summed E-state index contributed by atoms with van der Waals surface area (Å²) in [6, 6.07) is 15.3. The third-order valence-electron chi connectivity index (χ3n) is 14.0. The van der Waals surface area contributed by atoms with E-state index in [2.05, 4.69) is 25.9 Å². The van der Waals surface area contributed by atoms with Gasteiger partial charge in [-0.3, -0.25) is 24.2 Å². The minimum atomic E-state index is -4.39. The van der Waals surface area contributed by atoms with Crippen molar-refractivity contribution in [2.45, 2.75) is 131 Å². The molecule has 20 heteroatoms. The zero-order chi connectivity index (χ0) is 54.3. The number of alkyl halides is 3. The summed E-state index contributed by atoms with van der Waals surface area (Å²) < 4.78 is 52.1. The SMILES string of the molecule is Cc1ncsc1-c1ccc(C(C)NC(=O)[C@@H]2C[C@@H](O)CN2C(=O)C(NC(=O)COCCN(CCCc2ccc(C(=O)NC3C(C)(C)C(Oc4ccc(C#N)c(Cl)c4)C3(C)C)nc2)CCC(F)(F)F)C(C)(C)C)cc1. The summed E-state index contributed by atoms with van der Waals surface area (Å²) >= 11 is 7.78. The van der Waals surface area contributed by atoms with Crippen LogP contribution in [0.4, 0.5) is 13.2 Å². The number of benzene rings is 2. The van der Waals surface area contributed by atoms with Crippen molar-refractivity contribution < 1.29 is 46.9 Å². The number of nitrogens with one attached hydrogen (secondary N) is 3. The van der Waals surface area contributed by atoms with Crippen LogP contribution in [-0.2, 0) is 25.5 Å². The predicted molar refractivity (Wildman–Crippen MR) is 276 cm³/mol. The van der Waals surface area contributed by atoms with Crippen molar-refractivity contribution in [1.29, 1.82) is 5.26 Å². The summed E-state index contributed by atoms with van der Waals surface area (Å²) in [5.74, 6) is -1.44. The highest BCUT2D eigenvalue weighted by Crippen LogP contribution is 2.55. The van der Waals surface area contributed by atoms with Gasteiger partial charge in [0.2, 0.25) is 17.7 Å². The molecule has 2 aliphatic rings. The van der Waals surface area contributed by atoms with Crippen molar-refractivity contribution in [1.82, 2.24) is 35.7 Å². The maximum absolute atomic E-state index is 14.2. The molecule has 0 spiro atoms. The van der Waals surface area contributed by atoms with E-state index in [0.29, 0.717) is 29.2 Å². The molecular formula is C54H68ClF3N8O7S. The van der Waals surface area contributed by atoms with Gasteiger partial charge in [-0.25, -0.2) is 4.98 Å². The number of likely N-dealkylation sites (tertiary alicyclic amines) is 1. The number of aromatic nitrogens is 2. The Morgan fingerprint density at radius 3 is 2.30 bits per heavy atom. The number of halogens is 4. The fourth-order valence-corrected chi connectivity index (χ4v) is 11.2. The van der Waals surface area contributed by atoms with E-state index in [0.717, 1.165) is 27.3 Å². The first-order valence-electron chi connectivity index (χ1n) is 24.8. The first-order valence-corrected chi connectivity index (χ1v) is 26.0. The number of ether oxygens (including phenoxy) is 2. The van der Waals surface area contributed by atoms with Crippen LogP contribution in [0.5, 0.6) is 5.75 Å². The highest BCUT2D eigenvalue weighted by molar-refractivity contribution is 7.13. The third-order valence-corrected chi connectivity index (χ3v) is 15.3. The number of amides is 4. The van der Waals surface area contributed by atoms with E-state index in [9.17, 15) is 42.7 Å². The average Bonchev–Trinajstić information content (AvgIpc) is 3.96. The van der Waals surface area contributed by atoms with Gasteiger partial charge in [0.1, 0.15) is 42.3 Å². The van der Waals surface area contributed by atoms with E-state index in [1.165, 1.54) is 4.90 Å². The number of hydrogen-bond acceptors (Lipinski definition) is 12. The van der Waals surface area contributed by atoms with Crippen LogP contribution in [-0.4, -0.2) is 124 Å². The number of rotatable bonds is 21. The lowest BCUT2D eigenvalue weighted by Gasteiger charge is -2.63. The van der Waals surface area contributed by atoms with Gasteiger partial charge in [-0.05, 0) is 73.5 Å². The van der Waals surface area contributed by atoms with E-state index in [1.54, 1.807) is 79.0 Å². The number of carbonyl (C=O) groups is 4. The molecular weight excluding hydrogens is 997 g/mol. The van der Waals surface area contributed by atoms with Gasteiger partial charge in [0.25, 0.3) is 5.91 Å².